The van der Waals surface area contributed by atoms with E-state index >= 15 is 0 Å². The number of nitrogens with zero attached hydrogens (tertiary/aromatic N) is 3. The molecule has 148 valence electrons. The third kappa shape index (κ3) is 4.63. The van der Waals surface area contributed by atoms with Crippen molar-refractivity contribution in [1.82, 2.24) is 0 Å². The van der Waals surface area contributed by atoms with Gasteiger partial charge in [0, 0.05) is 36.6 Å². The van der Waals surface area contributed by atoms with Crippen molar-refractivity contribution in [2.45, 2.75) is 6.10 Å². The molecule has 7 heteroatoms. The second-order valence-electron chi connectivity index (χ2n) is 6.92. The Balaban J connectivity index is 1.33. The smallest absolute Gasteiger partial charge is 0.148 e. The topological polar surface area (TPSA) is 37.3 Å². The summed E-state index contributed by atoms with van der Waals surface area (Å²) in [6, 6.07) is 12.9. The fraction of sp³-hybridized carbons (Fsp3) is 0.381. The summed E-state index contributed by atoms with van der Waals surface area (Å²) in [5.41, 5.74) is 2.47. The van der Waals surface area contributed by atoms with Crippen molar-refractivity contribution >= 4 is 29.2 Å². The Bertz CT molecular complexity index is 825. The van der Waals surface area contributed by atoms with Gasteiger partial charge in [-0.05, 0) is 35.9 Å². The fourth-order valence-electron chi connectivity index (χ4n) is 3.41. The standard InChI is InChI=1S/C21H23ClFN3O2/c22-17-3-1-16(2-4-17)12-24-13-19-14-26(15-28-19)18-5-6-21(20(23)11-18)25-7-9-27-10-8-25/h1-6,11-12,19H,7-10,13-15H2/t19-/m0/s1. The molecule has 0 aliphatic carbocycles. The Morgan fingerprint density at radius 2 is 1.89 bits per heavy atom. The molecule has 0 amide bonds. The van der Waals surface area contributed by atoms with Crippen LogP contribution < -0.4 is 9.80 Å². The summed E-state index contributed by atoms with van der Waals surface area (Å²) in [5, 5.41) is 0.707. The van der Waals surface area contributed by atoms with Gasteiger partial charge in [0.1, 0.15) is 12.5 Å². The van der Waals surface area contributed by atoms with E-state index in [2.05, 4.69) is 4.99 Å². The van der Waals surface area contributed by atoms with Crippen molar-refractivity contribution in [1.29, 1.82) is 0 Å². The molecule has 28 heavy (non-hydrogen) atoms. The van der Waals surface area contributed by atoms with Crippen LogP contribution in [0.25, 0.3) is 0 Å². The number of benzene rings is 2. The molecule has 0 unspecified atom stereocenters. The van der Waals surface area contributed by atoms with Crippen molar-refractivity contribution in [3.63, 3.8) is 0 Å². The van der Waals surface area contributed by atoms with Crippen molar-refractivity contribution in [2.24, 2.45) is 4.99 Å². The Hall–Kier alpha value is -2.15. The van der Waals surface area contributed by atoms with Crippen LogP contribution in [0.1, 0.15) is 5.56 Å². The van der Waals surface area contributed by atoms with Gasteiger partial charge in [0.05, 0.1) is 31.5 Å². The molecule has 0 N–H and O–H groups in total. The Morgan fingerprint density at radius 1 is 1.11 bits per heavy atom. The molecule has 0 radical (unpaired) electrons. The maximum atomic E-state index is 14.6. The van der Waals surface area contributed by atoms with Crippen molar-refractivity contribution in [3.8, 4) is 0 Å². The van der Waals surface area contributed by atoms with Crippen LogP contribution >= 0.6 is 11.6 Å². The highest BCUT2D eigenvalue weighted by Crippen LogP contribution is 2.27. The lowest BCUT2D eigenvalue weighted by molar-refractivity contribution is 0.122. The van der Waals surface area contributed by atoms with E-state index in [0.29, 0.717) is 43.7 Å². The van der Waals surface area contributed by atoms with Gasteiger partial charge in [-0.25, -0.2) is 4.39 Å². The number of hydrogen-bond donors (Lipinski definition) is 0. The van der Waals surface area contributed by atoms with Crippen LogP contribution in [-0.4, -0.2) is 58.4 Å². The van der Waals surface area contributed by atoms with E-state index in [-0.39, 0.29) is 11.9 Å². The van der Waals surface area contributed by atoms with E-state index in [9.17, 15) is 4.39 Å². The minimum atomic E-state index is -0.205. The van der Waals surface area contributed by atoms with Crippen molar-refractivity contribution < 1.29 is 13.9 Å². The minimum Gasteiger partial charge on any atom is -0.378 e. The van der Waals surface area contributed by atoms with Crippen LogP contribution in [0.4, 0.5) is 15.8 Å². The van der Waals surface area contributed by atoms with Crippen LogP contribution in [-0.2, 0) is 9.47 Å². The molecule has 2 aliphatic rings. The molecule has 2 heterocycles. The predicted octanol–water partition coefficient (Wildman–Crippen LogP) is 3.60. The average Bonchev–Trinajstić information content (AvgIpc) is 3.19. The number of anilines is 2. The van der Waals surface area contributed by atoms with E-state index in [4.69, 9.17) is 21.1 Å². The van der Waals surface area contributed by atoms with Gasteiger partial charge in [-0.1, -0.05) is 23.7 Å². The lowest BCUT2D eigenvalue weighted by Gasteiger charge is -2.29. The average molecular weight is 404 g/mol. The maximum absolute atomic E-state index is 14.6. The fourth-order valence-corrected chi connectivity index (χ4v) is 3.54. The monoisotopic (exact) mass is 403 g/mol. The summed E-state index contributed by atoms with van der Waals surface area (Å²) >= 11 is 5.88. The largest absolute Gasteiger partial charge is 0.378 e. The first-order valence-corrected chi connectivity index (χ1v) is 9.81. The van der Waals surface area contributed by atoms with Crippen LogP contribution in [0.15, 0.2) is 47.5 Å². The van der Waals surface area contributed by atoms with E-state index in [1.54, 1.807) is 6.07 Å². The number of halogens is 2. The molecule has 0 aromatic heterocycles. The van der Waals surface area contributed by atoms with Gasteiger partial charge < -0.3 is 19.3 Å². The summed E-state index contributed by atoms with van der Waals surface area (Å²) in [5.74, 6) is -0.205. The third-order valence-corrected chi connectivity index (χ3v) is 5.21. The lowest BCUT2D eigenvalue weighted by Crippen LogP contribution is -2.36. The number of ether oxygens (including phenoxy) is 2. The summed E-state index contributed by atoms with van der Waals surface area (Å²) in [6.07, 6.45) is 1.81. The first-order valence-electron chi connectivity index (χ1n) is 9.43. The van der Waals surface area contributed by atoms with Crippen LogP contribution in [0.3, 0.4) is 0 Å². The van der Waals surface area contributed by atoms with Gasteiger partial charge >= 0.3 is 0 Å². The van der Waals surface area contributed by atoms with Gasteiger partial charge in [-0.2, -0.15) is 0 Å². The molecule has 2 aromatic rings. The molecular weight excluding hydrogens is 381 g/mol. The second-order valence-corrected chi connectivity index (χ2v) is 7.36. The van der Waals surface area contributed by atoms with Crippen LogP contribution in [0.2, 0.25) is 5.02 Å². The predicted molar refractivity (Wildman–Crippen MR) is 110 cm³/mol. The Labute approximate surface area is 169 Å². The molecule has 2 fully saturated rings. The quantitative estimate of drug-likeness (QED) is 0.715. The summed E-state index contributed by atoms with van der Waals surface area (Å²) in [7, 11) is 0. The normalized spacial score (nSPS) is 20.3. The highest BCUT2D eigenvalue weighted by molar-refractivity contribution is 6.30. The maximum Gasteiger partial charge on any atom is 0.148 e. The Morgan fingerprint density at radius 3 is 2.64 bits per heavy atom. The number of rotatable bonds is 5. The van der Waals surface area contributed by atoms with Crippen molar-refractivity contribution in [3.05, 3.63) is 58.9 Å². The highest BCUT2D eigenvalue weighted by atomic mass is 35.5. The second kappa shape index (κ2) is 8.90. The summed E-state index contributed by atoms with van der Waals surface area (Å²) in [6.45, 7) is 4.41. The first-order chi connectivity index (χ1) is 13.7. The molecule has 2 aliphatic heterocycles. The molecule has 2 saturated heterocycles. The molecule has 0 bridgehead atoms. The van der Waals surface area contributed by atoms with Crippen molar-refractivity contribution in [2.75, 3.05) is 55.9 Å². The summed E-state index contributed by atoms with van der Waals surface area (Å²) < 4.78 is 25.8. The van der Waals surface area contributed by atoms with Gasteiger partial charge in [0.25, 0.3) is 0 Å². The molecule has 1 atom stereocenters. The minimum absolute atomic E-state index is 0.00877. The third-order valence-electron chi connectivity index (χ3n) is 4.96. The number of hydrogen-bond acceptors (Lipinski definition) is 5. The lowest BCUT2D eigenvalue weighted by atomic mass is 10.2. The zero-order chi connectivity index (χ0) is 19.3. The molecular formula is C21H23ClFN3O2. The van der Waals surface area contributed by atoms with Crippen LogP contribution in [0, 0.1) is 5.82 Å². The Kier molecular flexibility index (Phi) is 6.10. The zero-order valence-corrected chi connectivity index (χ0v) is 16.3. The van der Waals surface area contributed by atoms with E-state index in [1.807, 2.05) is 52.4 Å². The molecule has 2 aromatic carbocycles. The highest BCUT2D eigenvalue weighted by Gasteiger charge is 2.24. The van der Waals surface area contributed by atoms with Gasteiger partial charge in [-0.3, -0.25) is 4.99 Å². The van der Waals surface area contributed by atoms with E-state index < -0.39 is 0 Å². The van der Waals surface area contributed by atoms with E-state index in [0.717, 1.165) is 24.3 Å². The summed E-state index contributed by atoms with van der Waals surface area (Å²) in [4.78, 5) is 8.52. The van der Waals surface area contributed by atoms with E-state index in [1.165, 1.54) is 0 Å². The van der Waals surface area contributed by atoms with Gasteiger partial charge in [0.2, 0.25) is 0 Å². The van der Waals surface area contributed by atoms with Gasteiger partial charge in [0.15, 0.2) is 0 Å². The molecule has 0 spiro atoms. The molecule has 0 saturated carbocycles. The SMILES string of the molecule is Fc1cc(N2CO[C@@H](CN=Cc3ccc(Cl)cc3)C2)ccc1N1CCOCC1. The van der Waals surface area contributed by atoms with Gasteiger partial charge in [-0.15, -0.1) is 0 Å². The number of aliphatic imine (C=N–C) groups is 1. The first kappa shape index (κ1) is 19.2. The molecule has 5 nitrogen and oxygen atoms in total. The molecule has 4 rings (SSSR count). The number of morpholine rings is 1. The zero-order valence-electron chi connectivity index (χ0n) is 15.6. The van der Waals surface area contributed by atoms with Crippen LogP contribution in [0.5, 0.6) is 0 Å².